The summed E-state index contributed by atoms with van der Waals surface area (Å²) in [7, 11) is -2.32. The number of halogens is 1. The van der Waals surface area contributed by atoms with E-state index in [9.17, 15) is 13.7 Å². The molecule has 1 aliphatic rings. The third-order valence-corrected chi connectivity index (χ3v) is 6.22. The molecule has 5 nitrogen and oxygen atoms in total. The summed E-state index contributed by atoms with van der Waals surface area (Å²) in [6.45, 7) is 0.493. The van der Waals surface area contributed by atoms with Crippen LogP contribution in [0.25, 0.3) is 0 Å². The zero-order chi connectivity index (χ0) is 14.1. The molecule has 0 radical (unpaired) electrons. The summed E-state index contributed by atoms with van der Waals surface area (Å²) in [4.78, 5) is 0.152. The van der Waals surface area contributed by atoms with Gasteiger partial charge in [-0.15, -0.1) is 0 Å². The summed E-state index contributed by atoms with van der Waals surface area (Å²) >= 11 is 3.23. The average molecular weight is 345 g/mol. The van der Waals surface area contributed by atoms with Crippen molar-refractivity contribution in [3.63, 3.8) is 0 Å². The molecule has 0 aromatic heterocycles. The van der Waals surface area contributed by atoms with E-state index in [-0.39, 0.29) is 11.5 Å². The lowest BCUT2D eigenvalue weighted by molar-refractivity contribution is 0.162. The van der Waals surface area contributed by atoms with Gasteiger partial charge in [0.1, 0.15) is 5.54 Å². The normalized spacial score (nSPS) is 23.5. The largest absolute Gasteiger partial charge is 0.378 e. The van der Waals surface area contributed by atoms with Gasteiger partial charge in [-0.3, -0.25) is 0 Å². The van der Waals surface area contributed by atoms with Gasteiger partial charge >= 0.3 is 0 Å². The zero-order valence-corrected chi connectivity index (χ0v) is 12.7. The van der Waals surface area contributed by atoms with E-state index >= 15 is 0 Å². The second-order valence-corrected chi connectivity index (χ2v) is 7.14. The minimum Gasteiger partial charge on any atom is -0.378 e. The zero-order valence-electron chi connectivity index (χ0n) is 10.3. The highest BCUT2D eigenvalue weighted by atomic mass is 79.9. The van der Waals surface area contributed by atoms with E-state index in [4.69, 9.17) is 4.74 Å². The van der Waals surface area contributed by atoms with Crippen LogP contribution in [-0.4, -0.2) is 38.5 Å². The third kappa shape index (κ3) is 2.41. The fraction of sp³-hybridized carbons (Fsp3) is 0.417. The molecule has 1 aromatic carbocycles. The summed E-state index contributed by atoms with van der Waals surface area (Å²) < 4.78 is 32.0. The highest BCUT2D eigenvalue weighted by molar-refractivity contribution is 9.10. The molecule has 0 saturated carbocycles. The van der Waals surface area contributed by atoms with E-state index < -0.39 is 15.6 Å². The van der Waals surface area contributed by atoms with Crippen LogP contribution < -0.4 is 0 Å². The maximum absolute atomic E-state index is 12.6. The maximum atomic E-state index is 12.6. The van der Waals surface area contributed by atoms with Crippen molar-refractivity contribution in [2.45, 2.75) is 16.9 Å². The van der Waals surface area contributed by atoms with E-state index in [1.165, 1.54) is 13.1 Å². The van der Waals surface area contributed by atoms with E-state index in [0.717, 1.165) is 4.31 Å². The minimum atomic E-state index is -3.74. The number of nitriles is 1. The first-order valence-corrected chi connectivity index (χ1v) is 7.90. The van der Waals surface area contributed by atoms with Crippen LogP contribution in [-0.2, 0) is 14.8 Å². The quantitative estimate of drug-likeness (QED) is 0.837. The van der Waals surface area contributed by atoms with Crippen molar-refractivity contribution >= 4 is 26.0 Å². The number of hydrogen-bond acceptors (Lipinski definition) is 4. The van der Waals surface area contributed by atoms with E-state index in [1.54, 1.807) is 18.2 Å². The SMILES string of the molecule is CN([C@]1(C#N)CCOC1)S(=O)(=O)c1ccccc1Br. The number of rotatable bonds is 3. The van der Waals surface area contributed by atoms with Gasteiger partial charge in [0.25, 0.3) is 0 Å². The highest BCUT2D eigenvalue weighted by Gasteiger charge is 2.45. The van der Waals surface area contributed by atoms with Crippen LogP contribution >= 0.6 is 15.9 Å². The molecule has 1 aliphatic heterocycles. The van der Waals surface area contributed by atoms with Crippen LogP contribution in [0, 0.1) is 11.3 Å². The molecule has 0 bridgehead atoms. The highest BCUT2D eigenvalue weighted by Crippen LogP contribution is 2.32. The Balaban J connectivity index is 2.46. The van der Waals surface area contributed by atoms with Gasteiger partial charge in [0, 0.05) is 24.5 Å². The molecule has 1 aromatic rings. The van der Waals surface area contributed by atoms with Crippen LogP contribution in [0.5, 0.6) is 0 Å². The Bertz CT molecular complexity index is 618. The summed E-state index contributed by atoms with van der Waals surface area (Å²) in [5, 5.41) is 9.32. The maximum Gasteiger partial charge on any atom is 0.245 e. The van der Waals surface area contributed by atoms with E-state index in [1.807, 2.05) is 0 Å². The van der Waals surface area contributed by atoms with Gasteiger partial charge in [-0.25, -0.2) is 8.42 Å². The van der Waals surface area contributed by atoms with Crippen LogP contribution in [0.3, 0.4) is 0 Å². The molecule has 0 unspecified atom stereocenters. The Morgan fingerprint density at radius 3 is 2.68 bits per heavy atom. The number of nitrogens with zero attached hydrogens (tertiary/aromatic N) is 2. The van der Waals surface area contributed by atoms with Crippen molar-refractivity contribution in [3.8, 4) is 6.07 Å². The molecule has 0 N–H and O–H groups in total. The van der Waals surface area contributed by atoms with E-state index in [2.05, 4.69) is 22.0 Å². The molecule has 0 amide bonds. The average Bonchev–Trinajstić information content (AvgIpc) is 2.88. The van der Waals surface area contributed by atoms with Crippen LogP contribution in [0.1, 0.15) is 6.42 Å². The van der Waals surface area contributed by atoms with Crippen molar-refractivity contribution in [1.29, 1.82) is 5.26 Å². The Kier molecular flexibility index (Phi) is 3.97. The minimum absolute atomic E-state index is 0.101. The van der Waals surface area contributed by atoms with Gasteiger partial charge in [0.05, 0.1) is 17.6 Å². The molecule has 0 aliphatic carbocycles. The van der Waals surface area contributed by atoms with Gasteiger partial charge in [-0.05, 0) is 28.1 Å². The molecular weight excluding hydrogens is 332 g/mol. The number of ether oxygens (including phenoxy) is 1. The van der Waals surface area contributed by atoms with Gasteiger partial charge in [-0.2, -0.15) is 9.57 Å². The summed E-state index contributed by atoms with van der Waals surface area (Å²) in [5.74, 6) is 0. The lowest BCUT2D eigenvalue weighted by Crippen LogP contribution is -2.49. The second-order valence-electron chi connectivity index (χ2n) is 4.35. The Labute approximate surface area is 121 Å². The smallest absolute Gasteiger partial charge is 0.245 e. The van der Waals surface area contributed by atoms with Crippen LogP contribution in [0.4, 0.5) is 0 Å². The van der Waals surface area contributed by atoms with Crippen molar-refractivity contribution in [2.75, 3.05) is 20.3 Å². The molecule has 7 heteroatoms. The predicted molar refractivity (Wildman–Crippen MR) is 72.9 cm³/mol. The van der Waals surface area contributed by atoms with Gasteiger partial charge in [-0.1, -0.05) is 12.1 Å². The van der Waals surface area contributed by atoms with Crippen LogP contribution in [0.15, 0.2) is 33.6 Å². The third-order valence-electron chi connectivity index (χ3n) is 3.29. The Morgan fingerprint density at radius 1 is 1.47 bits per heavy atom. The number of likely N-dealkylation sites (N-methyl/N-ethyl adjacent to an activating group) is 1. The Morgan fingerprint density at radius 2 is 2.16 bits per heavy atom. The monoisotopic (exact) mass is 344 g/mol. The predicted octanol–water partition coefficient (Wildman–Crippen LogP) is 1.75. The summed E-state index contributed by atoms with van der Waals surface area (Å²) in [6.07, 6.45) is 0.379. The molecule has 1 heterocycles. The number of benzene rings is 1. The molecule has 19 heavy (non-hydrogen) atoms. The molecule has 1 atom stereocenters. The fourth-order valence-electron chi connectivity index (χ4n) is 1.99. The lowest BCUT2D eigenvalue weighted by atomic mass is 10.0. The molecule has 1 saturated heterocycles. The molecule has 0 spiro atoms. The Hall–Kier alpha value is -0.940. The van der Waals surface area contributed by atoms with Crippen molar-refractivity contribution < 1.29 is 13.2 Å². The van der Waals surface area contributed by atoms with Crippen molar-refractivity contribution in [2.24, 2.45) is 0 Å². The number of sulfonamides is 1. The number of hydrogen-bond donors (Lipinski definition) is 0. The fourth-order valence-corrected chi connectivity index (χ4v) is 4.40. The van der Waals surface area contributed by atoms with Gasteiger partial charge < -0.3 is 4.74 Å². The molecule has 1 fully saturated rings. The van der Waals surface area contributed by atoms with Crippen molar-refractivity contribution in [3.05, 3.63) is 28.7 Å². The molecular formula is C12H13BrN2O3S. The topological polar surface area (TPSA) is 70.4 Å². The standard InChI is InChI=1S/C12H13BrN2O3S/c1-15(12(8-14)6-7-18-9-12)19(16,17)11-5-3-2-4-10(11)13/h2-5H,6-7,9H2,1H3/t12-/m0/s1. The first-order valence-electron chi connectivity index (χ1n) is 5.67. The first-order chi connectivity index (χ1) is 8.94. The molecule has 102 valence electrons. The van der Waals surface area contributed by atoms with Gasteiger partial charge in [0.2, 0.25) is 10.0 Å². The second kappa shape index (κ2) is 5.21. The lowest BCUT2D eigenvalue weighted by Gasteiger charge is -2.30. The summed E-state index contributed by atoms with van der Waals surface area (Å²) in [5.41, 5.74) is -1.12. The van der Waals surface area contributed by atoms with Crippen LogP contribution in [0.2, 0.25) is 0 Å². The van der Waals surface area contributed by atoms with E-state index in [0.29, 0.717) is 17.5 Å². The van der Waals surface area contributed by atoms with Gasteiger partial charge in [0.15, 0.2) is 0 Å². The first kappa shape index (κ1) is 14.5. The summed E-state index contributed by atoms with van der Waals surface area (Å²) in [6, 6.07) is 8.63. The van der Waals surface area contributed by atoms with Crippen molar-refractivity contribution in [1.82, 2.24) is 4.31 Å². The molecule has 2 rings (SSSR count).